The van der Waals surface area contributed by atoms with Crippen molar-refractivity contribution < 1.29 is 19.4 Å². The van der Waals surface area contributed by atoms with Crippen molar-refractivity contribution >= 4 is 11.8 Å². The third-order valence-corrected chi connectivity index (χ3v) is 4.79. The van der Waals surface area contributed by atoms with Gasteiger partial charge in [-0.05, 0) is 25.1 Å². The van der Waals surface area contributed by atoms with Gasteiger partial charge in [0.05, 0.1) is 12.5 Å². The Balaban J connectivity index is 1.68. The summed E-state index contributed by atoms with van der Waals surface area (Å²) in [4.78, 5) is 25.4. The number of carbonyl (C=O) groups is 2. The normalized spacial score (nSPS) is 19.1. The molecule has 3 rings (SSSR count). The van der Waals surface area contributed by atoms with Gasteiger partial charge in [-0.25, -0.2) is 0 Å². The molecule has 6 heteroatoms. The standard InChI is InChI=1S/C21H24N2O4/c1-14-6-8-17(9-7-14)27-19-5-3-2-4-15(19)11-21(26)23-12-16(10-20(22)25)18(24)13-23/h2-9,16,18,24H,10-13H2,1H3,(H2,22,25)/t16-,18-/m1/s1. The van der Waals surface area contributed by atoms with Crippen LogP contribution in [-0.2, 0) is 16.0 Å². The van der Waals surface area contributed by atoms with Crippen LogP contribution in [0.2, 0.25) is 0 Å². The second-order valence-electron chi connectivity index (χ2n) is 7.00. The van der Waals surface area contributed by atoms with Crippen molar-refractivity contribution in [1.29, 1.82) is 0 Å². The van der Waals surface area contributed by atoms with Crippen molar-refractivity contribution in [1.82, 2.24) is 4.90 Å². The van der Waals surface area contributed by atoms with E-state index in [0.29, 0.717) is 18.0 Å². The number of hydrogen-bond donors (Lipinski definition) is 2. The van der Waals surface area contributed by atoms with Crippen molar-refractivity contribution in [3.05, 3.63) is 59.7 Å². The SMILES string of the molecule is Cc1ccc(Oc2ccccc2CC(=O)N2C[C@@H](CC(N)=O)[C@H](O)C2)cc1. The Bertz CT molecular complexity index is 819. The summed E-state index contributed by atoms with van der Waals surface area (Å²) in [6, 6.07) is 15.1. The van der Waals surface area contributed by atoms with Gasteiger partial charge in [0, 0.05) is 31.0 Å². The molecule has 142 valence electrons. The van der Waals surface area contributed by atoms with Crippen LogP contribution in [0.1, 0.15) is 17.5 Å². The molecule has 2 amide bonds. The summed E-state index contributed by atoms with van der Waals surface area (Å²) in [5.74, 6) is 0.457. The van der Waals surface area contributed by atoms with Crippen molar-refractivity contribution in [2.75, 3.05) is 13.1 Å². The summed E-state index contributed by atoms with van der Waals surface area (Å²) in [5, 5.41) is 10.1. The second kappa shape index (κ2) is 8.22. The largest absolute Gasteiger partial charge is 0.457 e. The Labute approximate surface area is 158 Å². The number of nitrogens with two attached hydrogens (primary N) is 1. The lowest BCUT2D eigenvalue weighted by molar-refractivity contribution is -0.130. The van der Waals surface area contributed by atoms with Crippen LogP contribution in [0.25, 0.3) is 0 Å². The van der Waals surface area contributed by atoms with E-state index in [1.165, 1.54) is 0 Å². The molecule has 2 aromatic rings. The first-order chi connectivity index (χ1) is 12.9. The van der Waals surface area contributed by atoms with Crippen LogP contribution < -0.4 is 10.5 Å². The first-order valence-electron chi connectivity index (χ1n) is 8.99. The highest BCUT2D eigenvalue weighted by Crippen LogP contribution is 2.27. The Hall–Kier alpha value is -2.86. The third-order valence-electron chi connectivity index (χ3n) is 4.79. The number of amides is 2. The van der Waals surface area contributed by atoms with Crippen LogP contribution in [0.3, 0.4) is 0 Å². The van der Waals surface area contributed by atoms with Gasteiger partial charge in [-0.15, -0.1) is 0 Å². The molecule has 0 aliphatic carbocycles. The molecule has 1 aliphatic heterocycles. The maximum absolute atomic E-state index is 12.7. The Morgan fingerprint density at radius 3 is 2.56 bits per heavy atom. The Kier molecular flexibility index (Phi) is 5.76. The minimum atomic E-state index is -0.722. The number of benzene rings is 2. The van der Waals surface area contributed by atoms with Gasteiger partial charge in [0.25, 0.3) is 0 Å². The van der Waals surface area contributed by atoms with E-state index in [2.05, 4.69) is 0 Å². The second-order valence-corrected chi connectivity index (χ2v) is 7.00. The maximum atomic E-state index is 12.7. The van der Waals surface area contributed by atoms with Gasteiger partial charge >= 0.3 is 0 Å². The minimum Gasteiger partial charge on any atom is -0.457 e. The average Bonchev–Trinajstić information content (AvgIpc) is 2.99. The van der Waals surface area contributed by atoms with E-state index in [4.69, 9.17) is 10.5 Å². The van der Waals surface area contributed by atoms with E-state index in [1.54, 1.807) is 4.90 Å². The molecule has 6 nitrogen and oxygen atoms in total. The Morgan fingerprint density at radius 1 is 1.15 bits per heavy atom. The number of β-amino-alcohol motifs (C(OH)–C–C–N with tert-alkyl or cyclic N) is 1. The quantitative estimate of drug-likeness (QED) is 0.816. The highest BCUT2D eigenvalue weighted by atomic mass is 16.5. The number of rotatable bonds is 6. The van der Waals surface area contributed by atoms with Gasteiger partial charge < -0.3 is 20.5 Å². The van der Waals surface area contributed by atoms with Gasteiger partial charge in [-0.1, -0.05) is 35.9 Å². The zero-order valence-corrected chi connectivity index (χ0v) is 15.3. The zero-order chi connectivity index (χ0) is 19.4. The molecule has 2 aromatic carbocycles. The molecule has 27 heavy (non-hydrogen) atoms. The fraction of sp³-hybridized carbons (Fsp3) is 0.333. The molecule has 0 radical (unpaired) electrons. The molecule has 2 atom stereocenters. The summed E-state index contributed by atoms with van der Waals surface area (Å²) in [7, 11) is 0. The molecule has 0 aromatic heterocycles. The molecule has 0 bridgehead atoms. The molecule has 1 aliphatic rings. The molecule has 0 unspecified atom stereocenters. The number of likely N-dealkylation sites (tertiary alicyclic amines) is 1. The number of aliphatic hydroxyl groups excluding tert-OH is 1. The first kappa shape index (κ1) is 18.9. The molecular weight excluding hydrogens is 344 g/mol. The topological polar surface area (TPSA) is 92.9 Å². The zero-order valence-electron chi connectivity index (χ0n) is 15.3. The number of primary amides is 1. The van der Waals surface area contributed by atoms with Crippen molar-refractivity contribution in [3.63, 3.8) is 0 Å². The smallest absolute Gasteiger partial charge is 0.227 e. The van der Waals surface area contributed by atoms with Gasteiger partial charge in [0.1, 0.15) is 11.5 Å². The van der Waals surface area contributed by atoms with E-state index in [-0.39, 0.29) is 31.2 Å². The fourth-order valence-electron chi connectivity index (χ4n) is 3.27. The average molecular weight is 368 g/mol. The molecule has 1 fully saturated rings. The van der Waals surface area contributed by atoms with Crippen LogP contribution in [0, 0.1) is 12.8 Å². The number of ether oxygens (including phenoxy) is 1. The number of para-hydroxylation sites is 1. The van der Waals surface area contributed by atoms with Gasteiger partial charge in [-0.3, -0.25) is 9.59 Å². The van der Waals surface area contributed by atoms with E-state index in [9.17, 15) is 14.7 Å². The van der Waals surface area contributed by atoms with Crippen LogP contribution >= 0.6 is 0 Å². The lowest BCUT2D eigenvalue weighted by Gasteiger charge is -2.17. The predicted molar refractivity (Wildman–Crippen MR) is 101 cm³/mol. The van der Waals surface area contributed by atoms with E-state index in [1.807, 2.05) is 55.5 Å². The number of nitrogens with zero attached hydrogens (tertiary/aromatic N) is 1. The fourth-order valence-corrected chi connectivity index (χ4v) is 3.27. The number of aliphatic hydroxyl groups is 1. The van der Waals surface area contributed by atoms with Gasteiger partial charge in [-0.2, -0.15) is 0 Å². The summed E-state index contributed by atoms with van der Waals surface area (Å²) in [6.07, 6.45) is -0.476. The van der Waals surface area contributed by atoms with E-state index in [0.717, 1.165) is 11.1 Å². The maximum Gasteiger partial charge on any atom is 0.227 e. The van der Waals surface area contributed by atoms with Crippen LogP contribution in [0.15, 0.2) is 48.5 Å². The van der Waals surface area contributed by atoms with Crippen molar-refractivity contribution in [2.24, 2.45) is 11.7 Å². The molecule has 3 N–H and O–H groups in total. The summed E-state index contributed by atoms with van der Waals surface area (Å²) >= 11 is 0. The minimum absolute atomic E-state index is 0.0814. The summed E-state index contributed by atoms with van der Waals surface area (Å²) < 4.78 is 5.94. The van der Waals surface area contributed by atoms with Crippen LogP contribution in [0.5, 0.6) is 11.5 Å². The third kappa shape index (κ3) is 4.86. The summed E-state index contributed by atoms with van der Waals surface area (Å²) in [5.41, 5.74) is 7.13. The van der Waals surface area contributed by atoms with Gasteiger partial charge in [0.2, 0.25) is 11.8 Å². The first-order valence-corrected chi connectivity index (χ1v) is 8.99. The number of aryl methyl sites for hydroxylation is 1. The van der Waals surface area contributed by atoms with Crippen molar-refractivity contribution in [3.8, 4) is 11.5 Å². The van der Waals surface area contributed by atoms with Gasteiger partial charge in [0.15, 0.2) is 0 Å². The van der Waals surface area contributed by atoms with Crippen LogP contribution in [-0.4, -0.2) is 41.0 Å². The number of hydrogen-bond acceptors (Lipinski definition) is 4. The Morgan fingerprint density at radius 2 is 1.85 bits per heavy atom. The van der Waals surface area contributed by atoms with Crippen LogP contribution in [0.4, 0.5) is 0 Å². The van der Waals surface area contributed by atoms with Crippen molar-refractivity contribution in [2.45, 2.75) is 25.9 Å². The monoisotopic (exact) mass is 368 g/mol. The molecule has 1 saturated heterocycles. The lowest BCUT2D eigenvalue weighted by atomic mass is 10.0. The number of carbonyl (C=O) groups excluding carboxylic acids is 2. The van der Waals surface area contributed by atoms with E-state index >= 15 is 0 Å². The van der Waals surface area contributed by atoms with E-state index < -0.39 is 12.0 Å². The lowest BCUT2D eigenvalue weighted by Crippen LogP contribution is -2.31. The molecule has 1 heterocycles. The molecule has 0 spiro atoms. The molecular formula is C21H24N2O4. The summed E-state index contributed by atoms with van der Waals surface area (Å²) in [6.45, 7) is 2.56. The molecule has 0 saturated carbocycles. The highest BCUT2D eigenvalue weighted by molar-refractivity contribution is 5.80. The highest BCUT2D eigenvalue weighted by Gasteiger charge is 2.34. The predicted octanol–water partition coefficient (Wildman–Crippen LogP) is 2.02.